The minimum absolute atomic E-state index is 0.0816. The summed E-state index contributed by atoms with van der Waals surface area (Å²) in [6, 6.07) is 4.39. The second-order valence-electron chi connectivity index (χ2n) is 4.53. The average Bonchev–Trinajstić information content (AvgIpc) is 3.20. The molecule has 0 radical (unpaired) electrons. The van der Waals surface area contributed by atoms with E-state index in [0.717, 1.165) is 6.07 Å². The first-order valence-electron chi connectivity index (χ1n) is 5.80. The predicted molar refractivity (Wildman–Crippen MR) is 70.6 cm³/mol. The molecular formula is C12H11ClN2O4S. The Labute approximate surface area is 121 Å². The molecule has 0 saturated heterocycles. The molecule has 0 heterocycles. The molecule has 20 heavy (non-hydrogen) atoms. The monoisotopic (exact) mass is 314 g/mol. The average molecular weight is 315 g/mol. The van der Waals surface area contributed by atoms with Crippen LogP contribution in [0.2, 0.25) is 5.02 Å². The van der Waals surface area contributed by atoms with Crippen molar-refractivity contribution in [1.29, 1.82) is 5.26 Å². The number of carboxylic acids is 1. The van der Waals surface area contributed by atoms with E-state index in [2.05, 4.69) is 4.72 Å². The van der Waals surface area contributed by atoms with Gasteiger partial charge in [-0.25, -0.2) is 8.42 Å². The van der Waals surface area contributed by atoms with E-state index in [0.29, 0.717) is 12.8 Å². The van der Waals surface area contributed by atoms with Crippen molar-refractivity contribution in [2.75, 3.05) is 0 Å². The predicted octanol–water partition coefficient (Wildman–Crippen LogP) is 1.35. The quantitative estimate of drug-likeness (QED) is 0.853. The largest absolute Gasteiger partial charge is 0.480 e. The number of nitriles is 1. The number of nitrogens with zero attached hydrogens (tertiary/aromatic N) is 1. The standard InChI is InChI=1S/C12H11ClN2O4S/c13-9-4-3-8(6-14)10(5-9)20(18,19)15-11(12(16)17)7-1-2-7/h3-5,7,11,15H,1-2H2,(H,16,17). The van der Waals surface area contributed by atoms with Gasteiger partial charge in [-0.2, -0.15) is 9.98 Å². The summed E-state index contributed by atoms with van der Waals surface area (Å²) in [4.78, 5) is 10.8. The van der Waals surface area contributed by atoms with Crippen LogP contribution in [-0.2, 0) is 14.8 Å². The van der Waals surface area contributed by atoms with Crippen LogP contribution >= 0.6 is 11.6 Å². The third kappa shape index (κ3) is 3.10. The normalized spacial score (nSPS) is 16.4. The third-order valence-electron chi connectivity index (χ3n) is 3.00. The molecule has 8 heteroatoms. The van der Waals surface area contributed by atoms with Crippen LogP contribution in [0.15, 0.2) is 23.1 Å². The van der Waals surface area contributed by atoms with Crippen molar-refractivity contribution in [3.05, 3.63) is 28.8 Å². The number of nitrogens with one attached hydrogen (secondary N) is 1. The van der Waals surface area contributed by atoms with Crippen molar-refractivity contribution in [1.82, 2.24) is 4.72 Å². The first kappa shape index (κ1) is 14.8. The van der Waals surface area contributed by atoms with Crippen molar-refractivity contribution in [3.8, 4) is 6.07 Å². The lowest BCUT2D eigenvalue weighted by Crippen LogP contribution is -2.42. The highest BCUT2D eigenvalue weighted by molar-refractivity contribution is 7.89. The number of carbonyl (C=O) groups is 1. The molecule has 1 aliphatic carbocycles. The van der Waals surface area contributed by atoms with Crippen LogP contribution in [0.5, 0.6) is 0 Å². The maximum atomic E-state index is 12.2. The summed E-state index contributed by atoms with van der Waals surface area (Å²) in [5.74, 6) is -1.43. The highest BCUT2D eigenvalue weighted by Gasteiger charge is 2.39. The summed E-state index contributed by atoms with van der Waals surface area (Å²) in [6.45, 7) is 0. The van der Waals surface area contributed by atoms with Gasteiger partial charge in [-0.3, -0.25) is 4.79 Å². The zero-order chi connectivity index (χ0) is 14.9. The molecule has 0 spiro atoms. The van der Waals surface area contributed by atoms with E-state index in [1.165, 1.54) is 12.1 Å². The Morgan fingerprint density at radius 2 is 2.15 bits per heavy atom. The topological polar surface area (TPSA) is 107 Å². The maximum Gasteiger partial charge on any atom is 0.322 e. The van der Waals surface area contributed by atoms with Gasteiger partial charge in [-0.05, 0) is 37.0 Å². The van der Waals surface area contributed by atoms with Gasteiger partial charge in [0.1, 0.15) is 17.0 Å². The molecule has 2 rings (SSSR count). The molecule has 1 unspecified atom stereocenters. The molecule has 6 nitrogen and oxygen atoms in total. The molecule has 106 valence electrons. The molecule has 1 fully saturated rings. The van der Waals surface area contributed by atoms with Gasteiger partial charge in [0.15, 0.2) is 0 Å². The highest BCUT2D eigenvalue weighted by Crippen LogP contribution is 2.33. The number of halogens is 1. The molecule has 0 amide bonds. The van der Waals surface area contributed by atoms with Crippen LogP contribution in [0, 0.1) is 17.2 Å². The molecule has 1 atom stereocenters. The molecule has 2 N–H and O–H groups in total. The van der Waals surface area contributed by atoms with Gasteiger partial charge in [-0.15, -0.1) is 0 Å². The van der Waals surface area contributed by atoms with Gasteiger partial charge in [-0.1, -0.05) is 11.6 Å². The summed E-state index contributed by atoms with van der Waals surface area (Å²) in [5.41, 5.74) is -0.0816. The summed E-state index contributed by atoms with van der Waals surface area (Å²) in [7, 11) is -4.11. The summed E-state index contributed by atoms with van der Waals surface area (Å²) in [5, 5.41) is 18.1. The molecular weight excluding hydrogens is 304 g/mol. The number of carboxylic acid groups (broad SMARTS) is 1. The highest BCUT2D eigenvalue weighted by atomic mass is 35.5. The second kappa shape index (κ2) is 5.40. The molecule has 1 aromatic rings. The van der Waals surface area contributed by atoms with E-state index in [9.17, 15) is 13.2 Å². The van der Waals surface area contributed by atoms with Gasteiger partial charge in [0.05, 0.1) is 5.56 Å². The lowest BCUT2D eigenvalue weighted by molar-refractivity contribution is -0.139. The summed E-state index contributed by atoms with van der Waals surface area (Å²) in [6.07, 6.45) is 1.33. The van der Waals surface area contributed by atoms with Gasteiger partial charge in [0, 0.05) is 5.02 Å². The molecule has 1 aromatic carbocycles. The van der Waals surface area contributed by atoms with Crippen LogP contribution < -0.4 is 4.72 Å². The summed E-state index contributed by atoms with van der Waals surface area (Å²) >= 11 is 5.74. The van der Waals surface area contributed by atoms with Gasteiger partial charge in [0.2, 0.25) is 10.0 Å². The Bertz CT molecular complexity index is 692. The number of hydrogen-bond donors (Lipinski definition) is 2. The molecule has 0 aliphatic heterocycles. The number of aliphatic carboxylic acids is 1. The fourth-order valence-corrected chi connectivity index (χ4v) is 3.50. The van der Waals surface area contributed by atoms with E-state index >= 15 is 0 Å². The van der Waals surface area contributed by atoms with E-state index in [4.69, 9.17) is 22.0 Å². The molecule has 1 aliphatic rings. The first-order chi connectivity index (χ1) is 9.35. The third-order valence-corrected chi connectivity index (χ3v) is 4.71. The molecule has 0 aromatic heterocycles. The van der Waals surface area contributed by atoms with E-state index in [-0.39, 0.29) is 21.4 Å². The van der Waals surface area contributed by atoms with Gasteiger partial charge < -0.3 is 5.11 Å². The Morgan fingerprint density at radius 1 is 1.50 bits per heavy atom. The van der Waals surface area contributed by atoms with Crippen molar-refractivity contribution in [2.24, 2.45) is 5.92 Å². The van der Waals surface area contributed by atoms with Crippen molar-refractivity contribution in [3.63, 3.8) is 0 Å². The van der Waals surface area contributed by atoms with Crippen LogP contribution in [0.1, 0.15) is 18.4 Å². The fraction of sp³-hybridized carbons (Fsp3) is 0.333. The van der Waals surface area contributed by atoms with Crippen molar-refractivity contribution in [2.45, 2.75) is 23.8 Å². The maximum absolute atomic E-state index is 12.2. The van der Waals surface area contributed by atoms with E-state index in [1.54, 1.807) is 6.07 Å². The van der Waals surface area contributed by atoms with Gasteiger partial charge >= 0.3 is 5.97 Å². The Morgan fingerprint density at radius 3 is 2.65 bits per heavy atom. The number of sulfonamides is 1. The Kier molecular flexibility index (Phi) is 3.99. The van der Waals surface area contributed by atoms with Crippen molar-refractivity contribution >= 4 is 27.6 Å². The number of benzene rings is 1. The zero-order valence-electron chi connectivity index (χ0n) is 10.2. The lowest BCUT2D eigenvalue weighted by atomic mass is 10.2. The molecule has 1 saturated carbocycles. The SMILES string of the molecule is N#Cc1ccc(Cl)cc1S(=O)(=O)NC(C(=O)O)C1CC1. The Balaban J connectivity index is 2.37. The minimum atomic E-state index is -4.11. The molecule has 0 bridgehead atoms. The van der Waals surface area contributed by atoms with Gasteiger partial charge in [0.25, 0.3) is 0 Å². The van der Waals surface area contributed by atoms with Crippen LogP contribution in [0.3, 0.4) is 0 Å². The second-order valence-corrected chi connectivity index (χ2v) is 6.65. The summed E-state index contributed by atoms with van der Waals surface area (Å²) < 4.78 is 26.6. The van der Waals surface area contributed by atoms with Crippen molar-refractivity contribution < 1.29 is 18.3 Å². The van der Waals surface area contributed by atoms with Crippen LogP contribution in [-0.4, -0.2) is 25.5 Å². The van der Waals surface area contributed by atoms with Crippen LogP contribution in [0.25, 0.3) is 0 Å². The zero-order valence-corrected chi connectivity index (χ0v) is 11.8. The van der Waals surface area contributed by atoms with Crippen LogP contribution in [0.4, 0.5) is 0 Å². The van der Waals surface area contributed by atoms with E-state index < -0.39 is 22.0 Å². The number of rotatable bonds is 5. The fourth-order valence-electron chi connectivity index (χ4n) is 1.82. The lowest BCUT2D eigenvalue weighted by Gasteiger charge is -2.14. The smallest absolute Gasteiger partial charge is 0.322 e. The minimum Gasteiger partial charge on any atom is -0.480 e. The first-order valence-corrected chi connectivity index (χ1v) is 7.66. The Hall–Kier alpha value is -1.62. The number of hydrogen-bond acceptors (Lipinski definition) is 4. The van der Waals surface area contributed by atoms with E-state index in [1.807, 2.05) is 0 Å².